The van der Waals surface area contributed by atoms with Crippen LogP contribution in [0.4, 0.5) is 5.69 Å². The minimum Gasteiger partial charge on any atom is -0.462 e. The van der Waals surface area contributed by atoms with Crippen molar-refractivity contribution in [2.75, 3.05) is 32.1 Å². The number of piperidine rings is 1. The highest BCUT2D eigenvalue weighted by molar-refractivity contribution is 5.93. The molecule has 5 nitrogen and oxygen atoms in total. The highest BCUT2D eigenvalue weighted by Gasteiger charge is 2.19. The third-order valence-corrected chi connectivity index (χ3v) is 3.99. The van der Waals surface area contributed by atoms with Crippen LogP contribution in [0.25, 0.3) is 0 Å². The van der Waals surface area contributed by atoms with Gasteiger partial charge in [0.15, 0.2) is 0 Å². The van der Waals surface area contributed by atoms with Gasteiger partial charge in [0.25, 0.3) is 0 Å². The first-order valence-corrected chi connectivity index (χ1v) is 7.84. The predicted molar refractivity (Wildman–Crippen MR) is 85.9 cm³/mol. The molecular formula is C17H24N2O3. The molecule has 1 amide bonds. The van der Waals surface area contributed by atoms with Gasteiger partial charge >= 0.3 is 5.97 Å². The summed E-state index contributed by atoms with van der Waals surface area (Å²) in [6.07, 6.45) is 2.71. The van der Waals surface area contributed by atoms with Crippen LogP contribution in [-0.4, -0.2) is 43.5 Å². The van der Waals surface area contributed by atoms with Crippen LogP contribution >= 0.6 is 0 Å². The lowest BCUT2D eigenvalue weighted by molar-refractivity contribution is -0.117. The summed E-state index contributed by atoms with van der Waals surface area (Å²) in [5, 5.41) is 2.89. The second-order valence-corrected chi connectivity index (χ2v) is 5.80. The lowest BCUT2D eigenvalue weighted by Gasteiger charge is -2.28. The number of ether oxygens (including phenoxy) is 1. The van der Waals surface area contributed by atoms with Crippen LogP contribution in [0.1, 0.15) is 36.5 Å². The van der Waals surface area contributed by atoms with Crippen molar-refractivity contribution in [3.63, 3.8) is 0 Å². The number of likely N-dealkylation sites (tertiary alicyclic amines) is 1. The third kappa shape index (κ3) is 4.84. The summed E-state index contributed by atoms with van der Waals surface area (Å²) in [6.45, 7) is 4.25. The van der Waals surface area contributed by atoms with E-state index < -0.39 is 0 Å². The molecule has 2 rings (SSSR count). The van der Waals surface area contributed by atoms with E-state index in [0.717, 1.165) is 25.9 Å². The molecular weight excluding hydrogens is 280 g/mol. The molecule has 0 radical (unpaired) electrons. The summed E-state index contributed by atoms with van der Waals surface area (Å²) < 4.78 is 4.93. The van der Waals surface area contributed by atoms with E-state index >= 15 is 0 Å². The zero-order valence-corrected chi connectivity index (χ0v) is 13.3. The highest BCUT2D eigenvalue weighted by Crippen LogP contribution is 2.20. The minimum atomic E-state index is -0.341. The molecule has 1 saturated heterocycles. The van der Waals surface area contributed by atoms with Crippen LogP contribution in [-0.2, 0) is 9.53 Å². The topological polar surface area (TPSA) is 58.6 Å². The number of hydrogen-bond donors (Lipinski definition) is 1. The Morgan fingerprint density at radius 1 is 1.23 bits per heavy atom. The van der Waals surface area contributed by atoms with E-state index in [1.165, 1.54) is 0 Å². The van der Waals surface area contributed by atoms with E-state index in [0.29, 0.717) is 30.2 Å². The number of hydrogen-bond acceptors (Lipinski definition) is 4. The van der Waals surface area contributed by atoms with Crippen LogP contribution in [0.5, 0.6) is 0 Å². The van der Waals surface area contributed by atoms with E-state index in [-0.39, 0.29) is 11.9 Å². The number of rotatable bonds is 5. The third-order valence-electron chi connectivity index (χ3n) is 3.99. The fraction of sp³-hybridized carbons (Fsp3) is 0.529. The zero-order valence-electron chi connectivity index (χ0n) is 13.3. The Bertz CT molecular complexity index is 505. The fourth-order valence-electron chi connectivity index (χ4n) is 2.64. The number of anilines is 1. The van der Waals surface area contributed by atoms with Crippen molar-refractivity contribution < 1.29 is 14.3 Å². The monoisotopic (exact) mass is 304 g/mol. The number of esters is 1. The second-order valence-electron chi connectivity index (χ2n) is 5.80. The molecule has 1 aliphatic rings. The Kier molecular flexibility index (Phi) is 5.95. The molecule has 0 atom stereocenters. The minimum absolute atomic E-state index is 0.0402. The molecule has 0 bridgehead atoms. The molecule has 1 heterocycles. The van der Waals surface area contributed by atoms with E-state index in [4.69, 9.17) is 4.74 Å². The van der Waals surface area contributed by atoms with Crippen LogP contribution < -0.4 is 5.32 Å². The SMILES string of the molecule is CCOC(=O)c1ccc(NC(=O)CC2CCN(C)CC2)cc1. The lowest BCUT2D eigenvalue weighted by Crippen LogP contribution is -2.31. The summed E-state index contributed by atoms with van der Waals surface area (Å²) in [4.78, 5) is 25.9. The highest BCUT2D eigenvalue weighted by atomic mass is 16.5. The van der Waals surface area contributed by atoms with Crippen molar-refractivity contribution in [1.29, 1.82) is 0 Å². The molecule has 120 valence electrons. The van der Waals surface area contributed by atoms with Gasteiger partial charge in [-0.15, -0.1) is 0 Å². The Morgan fingerprint density at radius 3 is 2.45 bits per heavy atom. The molecule has 0 unspecified atom stereocenters. The van der Waals surface area contributed by atoms with Crippen molar-refractivity contribution in [3.05, 3.63) is 29.8 Å². The van der Waals surface area contributed by atoms with Gasteiger partial charge in [-0.3, -0.25) is 4.79 Å². The molecule has 5 heteroatoms. The van der Waals surface area contributed by atoms with Crippen LogP contribution in [0, 0.1) is 5.92 Å². The second kappa shape index (κ2) is 7.94. The normalized spacial score (nSPS) is 16.3. The van der Waals surface area contributed by atoms with Crippen molar-refractivity contribution in [3.8, 4) is 0 Å². The Labute approximate surface area is 131 Å². The molecule has 1 aromatic rings. The lowest BCUT2D eigenvalue weighted by atomic mass is 9.93. The van der Waals surface area contributed by atoms with Crippen molar-refractivity contribution in [2.45, 2.75) is 26.2 Å². The summed E-state index contributed by atoms with van der Waals surface area (Å²) in [6, 6.07) is 6.81. The molecule has 1 N–H and O–H groups in total. The van der Waals surface area contributed by atoms with Crippen LogP contribution in [0.3, 0.4) is 0 Å². The molecule has 0 aliphatic carbocycles. The average Bonchev–Trinajstić information content (AvgIpc) is 2.50. The van der Waals surface area contributed by atoms with E-state index in [1.807, 2.05) is 0 Å². The van der Waals surface area contributed by atoms with Gasteiger partial charge < -0.3 is 15.0 Å². The van der Waals surface area contributed by atoms with Crippen molar-refractivity contribution in [2.24, 2.45) is 5.92 Å². The van der Waals surface area contributed by atoms with Gasteiger partial charge in [0, 0.05) is 12.1 Å². The number of nitrogens with zero attached hydrogens (tertiary/aromatic N) is 1. The van der Waals surface area contributed by atoms with Crippen molar-refractivity contribution >= 4 is 17.6 Å². The fourth-order valence-corrected chi connectivity index (χ4v) is 2.64. The molecule has 1 aliphatic heterocycles. The average molecular weight is 304 g/mol. The van der Waals surface area contributed by atoms with Crippen molar-refractivity contribution in [1.82, 2.24) is 4.90 Å². The number of benzene rings is 1. The molecule has 0 spiro atoms. The largest absolute Gasteiger partial charge is 0.462 e. The zero-order chi connectivity index (χ0) is 15.9. The number of amides is 1. The van der Waals surface area contributed by atoms with Crippen LogP contribution in [0.2, 0.25) is 0 Å². The molecule has 0 aromatic heterocycles. The number of carbonyl (C=O) groups excluding carboxylic acids is 2. The Balaban J connectivity index is 1.82. The smallest absolute Gasteiger partial charge is 0.338 e. The van der Waals surface area contributed by atoms with Gasteiger partial charge in [-0.05, 0) is 70.1 Å². The van der Waals surface area contributed by atoms with Gasteiger partial charge in [0.05, 0.1) is 12.2 Å². The summed E-state index contributed by atoms with van der Waals surface area (Å²) in [7, 11) is 2.11. The molecule has 1 aromatic carbocycles. The first-order chi connectivity index (χ1) is 10.6. The number of carbonyl (C=O) groups is 2. The van der Waals surface area contributed by atoms with Gasteiger partial charge in [-0.25, -0.2) is 4.79 Å². The first-order valence-electron chi connectivity index (χ1n) is 7.84. The Morgan fingerprint density at radius 2 is 1.86 bits per heavy atom. The van der Waals surface area contributed by atoms with Gasteiger partial charge in [-0.2, -0.15) is 0 Å². The first kappa shape index (κ1) is 16.5. The molecule has 1 fully saturated rings. The van der Waals surface area contributed by atoms with Crippen LogP contribution in [0.15, 0.2) is 24.3 Å². The van der Waals surface area contributed by atoms with Gasteiger partial charge in [-0.1, -0.05) is 0 Å². The van der Waals surface area contributed by atoms with Gasteiger partial charge in [0.2, 0.25) is 5.91 Å². The van der Waals surface area contributed by atoms with E-state index in [9.17, 15) is 9.59 Å². The molecule has 22 heavy (non-hydrogen) atoms. The standard InChI is InChI=1S/C17H24N2O3/c1-3-22-17(21)14-4-6-15(7-5-14)18-16(20)12-13-8-10-19(2)11-9-13/h4-7,13H,3,8-12H2,1-2H3,(H,18,20). The molecule has 0 saturated carbocycles. The summed E-state index contributed by atoms with van der Waals surface area (Å²) in [5.74, 6) is 0.167. The Hall–Kier alpha value is -1.88. The van der Waals surface area contributed by atoms with E-state index in [1.54, 1.807) is 31.2 Å². The van der Waals surface area contributed by atoms with E-state index in [2.05, 4.69) is 17.3 Å². The maximum Gasteiger partial charge on any atom is 0.338 e. The number of nitrogens with one attached hydrogen (secondary N) is 1. The predicted octanol–water partition coefficient (Wildman–Crippen LogP) is 2.53. The maximum atomic E-state index is 12.1. The quantitative estimate of drug-likeness (QED) is 0.849. The maximum absolute atomic E-state index is 12.1. The summed E-state index contributed by atoms with van der Waals surface area (Å²) >= 11 is 0. The summed E-state index contributed by atoms with van der Waals surface area (Å²) in [5.41, 5.74) is 1.21. The van der Waals surface area contributed by atoms with Gasteiger partial charge in [0.1, 0.15) is 0 Å².